The summed E-state index contributed by atoms with van der Waals surface area (Å²) in [4.78, 5) is 25.2. The van der Waals surface area contributed by atoms with Gasteiger partial charge in [0.05, 0.1) is 5.56 Å². The average Bonchev–Trinajstić information content (AvgIpc) is 3.01. The second-order valence-corrected chi connectivity index (χ2v) is 7.01. The summed E-state index contributed by atoms with van der Waals surface area (Å²) < 4.78 is 5.39. The molecular weight excluding hydrogens is 324 g/mol. The van der Waals surface area contributed by atoms with Crippen molar-refractivity contribution < 1.29 is 14.0 Å². The summed E-state index contributed by atoms with van der Waals surface area (Å²) in [6.07, 6.45) is 8.11. The molecule has 3 N–H and O–H groups in total. The lowest BCUT2D eigenvalue weighted by molar-refractivity contribution is -0.111. The molecule has 0 saturated carbocycles. The van der Waals surface area contributed by atoms with E-state index in [1.54, 1.807) is 12.1 Å². The Morgan fingerprint density at radius 3 is 2.75 bits per heavy atom. The maximum absolute atomic E-state index is 12.2. The first kappa shape index (κ1) is 16.5. The van der Waals surface area contributed by atoms with Crippen LogP contribution >= 0.6 is 11.3 Å². The predicted molar refractivity (Wildman–Crippen MR) is 95.2 cm³/mol. The number of primary amides is 1. The Morgan fingerprint density at radius 1 is 1.25 bits per heavy atom. The number of fused-ring (bicyclic) bond motifs is 1. The quantitative estimate of drug-likeness (QED) is 0.655. The molecule has 0 spiro atoms. The number of hydrogen-bond donors (Lipinski definition) is 2. The normalized spacial score (nSPS) is 14.4. The van der Waals surface area contributed by atoms with Crippen LogP contribution in [0.3, 0.4) is 0 Å². The third-order valence-corrected chi connectivity index (χ3v) is 5.27. The van der Waals surface area contributed by atoms with Crippen molar-refractivity contribution in [2.24, 2.45) is 5.73 Å². The third kappa shape index (κ3) is 3.59. The minimum Gasteiger partial charge on any atom is -0.462 e. The fraction of sp³-hybridized carbons (Fsp3) is 0.333. The molecular formula is C18H20N2O3S. The highest BCUT2D eigenvalue weighted by molar-refractivity contribution is 7.17. The molecule has 0 saturated heterocycles. The number of nitrogens with two attached hydrogens (primary N) is 1. The van der Waals surface area contributed by atoms with Crippen molar-refractivity contribution in [3.05, 3.63) is 45.7 Å². The Morgan fingerprint density at radius 2 is 2.04 bits per heavy atom. The van der Waals surface area contributed by atoms with Gasteiger partial charge in [-0.1, -0.05) is 6.42 Å². The summed E-state index contributed by atoms with van der Waals surface area (Å²) in [5, 5.41) is 3.35. The molecule has 2 amide bonds. The number of hydrogen-bond acceptors (Lipinski definition) is 4. The molecule has 3 rings (SSSR count). The standard InChI is InChI=1S/C18H20N2O3S/c1-11-7-8-12(23-11)9-10-15(21)20-18-16(17(19)22)13-5-3-2-4-6-14(13)24-18/h7-10H,2-6H2,1H3,(H2,19,22)(H,20,21). The number of aryl methyl sites for hydroxylation is 2. The van der Waals surface area contributed by atoms with E-state index in [1.807, 2.05) is 13.0 Å². The average molecular weight is 344 g/mol. The van der Waals surface area contributed by atoms with Crippen LogP contribution in [0, 0.1) is 6.92 Å². The minimum atomic E-state index is -0.477. The monoisotopic (exact) mass is 344 g/mol. The molecule has 0 unspecified atom stereocenters. The van der Waals surface area contributed by atoms with Crippen LogP contribution in [0.25, 0.3) is 6.08 Å². The van der Waals surface area contributed by atoms with Crippen molar-refractivity contribution in [2.75, 3.05) is 5.32 Å². The Kier molecular flexibility index (Phi) is 4.85. The highest BCUT2D eigenvalue weighted by Gasteiger charge is 2.23. The van der Waals surface area contributed by atoms with Crippen molar-refractivity contribution in [3.8, 4) is 0 Å². The van der Waals surface area contributed by atoms with Crippen molar-refractivity contribution >= 4 is 34.2 Å². The van der Waals surface area contributed by atoms with E-state index in [0.717, 1.165) is 43.4 Å². The zero-order valence-corrected chi connectivity index (χ0v) is 14.4. The van der Waals surface area contributed by atoms with Gasteiger partial charge in [0, 0.05) is 11.0 Å². The summed E-state index contributed by atoms with van der Waals surface area (Å²) >= 11 is 1.47. The lowest BCUT2D eigenvalue weighted by atomic mass is 10.1. The second kappa shape index (κ2) is 7.05. The topological polar surface area (TPSA) is 85.3 Å². The number of anilines is 1. The smallest absolute Gasteiger partial charge is 0.251 e. The van der Waals surface area contributed by atoms with Gasteiger partial charge in [-0.3, -0.25) is 9.59 Å². The van der Waals surface area contributed by atoms with Crippen LogP contribution in [-0.4, -0.2) is 11.8 Å². The van der Waals surface area contributed by atoms with E-state index in [1.165, 1.54) is 22.3 Å². The van der Waals surface area contributed by atoms with Gasteiger partial charge in [0.1, 0.15) is 16.5 Å². The van der Waals surface area contributed by atoms with Gasteiger partial charge in [-0.2, -0.15) is 0 Å². The fourth-order valence-corrected chi connectivity index (χ4v) is 4.24. The summed E-state index contributed by atoms with van der Waals surface area (Å²) in [6.45, 7) is 1.84. The number of furan rings is 1. The SMILES string of the molecule is Cc1ccc(C=CC(=O)Nc2sc3c(c2C(N)=O)CCCCC3)o1. The van der Waals surface area contributed by atoms with Gasteiger partial charge in [0.15, 0.2) is 0 Å². The number of thiophene rings is 1. The maximum atomic E-state index is 12.2. The Labute approximate surface area is 144 Å². The van der Waals surface area contributed by atoms with E-state index in [0.29, 0.717) is 16.3 Å². The lowest BCUT2D eigenvalue weighted by Gasteiger charge is -2.04. The van der Waals surface area contributed by atoms with E-state index in [9.17, 15) is 9.59 Å². The van der Waals surface area contributed by atoms with Crippen LogP contribution in [0.2, 0.25) is 0 Å². The van der Waals surface area contributed by atoms with Gasteiger partial charge < -0.3 is 15.5 Å². The van der Waals surface area contributed by atoms with E-state index in [-0.39, 0.29) is 5.91 Å². The van der Waals surface area contributed by atoms with Gasteiger partial charge in [-0.25, -0.2) is 0 Å². The van der Waals surface area contributed by atoms with Gasteiger partial charge >= 0.3 is 0 Å². The molecule has 1 aliphatic rings. The van der Waals surface area contributed by atoms with Crippen LogP contribution in [-0.2, 0) is 17.6 Å². The van der Waals surface area contributed by atoms with Crippen LogP contribution in [0.4, 0.5) is 5.00 Å². The van der Waals surface area contributed by atoms with Gasteiger partial charge in [-0.15, -0.1) is 11.3 Å². The molecule has 1 aliphatic carbocycles. The summed E-state index contributed by atoms with van der Waals surface area (Å²) in [7, 11) is 0. The largest absolute Gasteiger partial charge is 0.462 e. The molecule has 0 bridgehead atoms. The molecule has 126 valence electrons. The molecule has 0 aliphatic heterocycles. The molecule has 0 radical (unpaired) electrons. The Hall–Kier alpha value is -2.34. The third-order valence-electron chi connectivity index (χ3n) is 4.06. The molecule has 6 heteroatoms. The number of amides is 2. The molecule has 0 fully saturated rings. The highest BCUT2D eigenvalue weighted by atomic mass is 32.1. The van der Waals surface area contributed by atoms with Crippen molar-refractivity contribution in [1.82, 2.24) is 0 Å². The molecule has 5 nitrogen and oxygen atoms in total. The molecule has 2 aromatic rings. The maximum Gasteiger partial charge on any atom is 0.251 e. The fourth-order valence-electron chi connectivity index (χ4n) is 2.95. The molecule has 0 atom stereocenters. The number of carbonyl (C=O) groups excluding carboxylic acids is 2. The summed E-state index contributed by atoms with van der Waals surface area (Å²) in [6, 6.07) is 3.63. The zero-order chi connectivity index (χ0) is 17.1. The molecule has 0 aromatic carbocycles. The first-order valence-corrected chi connectivity index (χ1v) is 8.86. The van der Waals surface area contributed by atoms with Crippen molar-refractivity contribution in [2.45, 2.75) is 39.0 Å². The zero-order valence-electron chi connectivity index (χ0n) is 13.6. The van der Waals surface area contributed by atoms with Crippen LogP contribution in [0.1, 0.15) is 51.6 Å². The van der Waals surface area contributed by atoms with E-state index < -0.39 is 5.91 Å². The van der Waals surface area contributed by atoms with E-state index >= 15 is 0 Å². The van der Waals surface area contributed by atoms with Crippen LogP contribution < -0.4 is 11.1 Å². The van der Waals surface area contributed by atoms with E-state index in [2.05, 4.69) is 5.32 Å². The summed E-state index contributed by atoms with van der Waals surface area (Å²) in [5.41, 5.74) is 7.06. The summed E-state index contributed by atoms with van der Waals surface area (Å²) in [5.74, 6) is 0.617. The van der Waals surface area contributed by atoms with Gasteiger partial charge in [0.25, 0.3) is 5.91 Å². The van der Waals surface area contributed by atoms with Crippen molar-refractivity contribution in [3.63, 3.8) is 0 Å². The van der Waals surface area contributed by atoms with Gasteiger partial charge in [-0.05, 0) is 56.4 Å². The lowest BCUT2D eigenvalue weighted by Crippen LogP contribution is -2.16. The molecule has 2 aromatic heterocycles. The first-order chi connectivity index (χ1) is 11.5. The molecule has 2 heterocycles. The van der Waals surface area contributed by atoms with E-state index in [4.69, 9.17) is 10.2 Å². The van der Waals surface area contributed by atoms with Crippen molar-refractivity contribution in [1.29, 1.82) is 0 Å². The number of carbonyl (C=O) groups is 2. The highest BCUT2D eigenvalue weighted by Crippen LogP contribution is 2.37. The number of rotatable bonds is 4. The number of nitrogens with one attached hydrogen (secondary N) is 1. The molecule has 24 heavy (non-hydrogen) atoms. The minimum absolute atomic E-state index is 0.303. The second-order valence-electron chi connectivity index (χ2n) is 5.90. The Balaban J connectivity index is 1.80. The van der Waals surface area contributed by atoms with Crippen LogP contribution in [0.15, 0.2) is 22.6 Å². The van der Waals surface area contributed by atoms with Gasteiger partial charge in [0.2, 0.25) is 5.91 Å². The van der Waals surface area contributed by atoms with Crippen LogP contribution in [0.5, 0.6) is 0 Å². The predicted octanol–water partition coefficient (Wildman–Crippen LogP) is 3.67. The first-order valence-electron chi connectivity index (χ1n) is 8.04. The Bertz CT molecular complexity index is 801.